The fourth-order valence-corrected chi connectivity index (χ4v) is 12.7. The van der Waals surface area contributed by atoms with Gasteiger partial charge >= 0.3 is 6.09 Å². The van der Waals surface area contributed by atoms with Crippen molar-refractivity contribution in [3.05, 3.63) is 0 Å². The first-order valence-electron chi connectivity index (χ1n) is 36.5. The molecule has 26 nitrogen and oxygen atoms in total. The Bertz CT molecular complexity index is 2580. The van der Waals surface area contributed by atoms with E-state index in [0.717, 1.165) is 32.1 Å². The van der Waals surface area contributed by atoms with E-state index in [2.05, 4.69) is 31.9 Å². The summed E-state index contributed by atoms with van der Waals surface area (Å²) in [4.78, 5) is 177. The van der Waals surface area contributed by atoms with Gasteiger partial charge in [0.05, 0.1) is 6.54 Å². The molecule has 0 saturated carbocycles. The average molecular weight is 1440 g/mol. The zero-order valence-corrected chi connectivity index (χ0v) is 66.8. The van der Waals surface area contributed by atoms with E-state index in [0.29, 0.717) is 38.0 Å². The fraction of sp³-hybridized carbons (Fsp3) is 0.836. The third-order valence-corrected chi connectivity index (χ3v) is 18.8. The molecular formula is C73H136N12O14S. The van der Waals surface area contributed by atoms with Crippen molar-refractivity contribution in [3.8, 4) is 0 Å². The van der Waals surface area contributed by atoms with Crippen molar-refractivity contribution in [2.75, 3.05) is 80.5 Å². The molecule has 0 rings (SSSR count). The third kappa shape index (κ3) is 34.1. The van der Waals surface area contributed by atoms with Gasteiger partial charge < -0.3 is 71.1 Å². The summed E-state index contributed by atoms with van der Waals surface area (Å²) in [5.74, 6) is -5.97. The van der Waals surface area contributed by atoms with Crippen LogP contribution in [0.2, 0.25) is 0 Å². The lowest BCUT2D eigenvalue weighted by Gasteiger charge is -2.38. The number of likely N-dealkylation sites (N-methyl/N-ethyl adjacent to an activating group) is 7. The predicted molar refractivity (Wildman–Crippen MR) is 395 cm³/mol. The van der Waals surface area contributed by atoms with Crippen LogP contribution in [0.1, 0.15) is 215 Å². The van der Waals surface area contributed by atoms with Crippen LogP contribution in [-0.2, 0) is 57.5 Å². The first kappa shape index (κ1) is 93.8. The summed E-state index contributed by atoms with van der Waals surface area (Å²) in [5.41, 5.74) is -0.589. The number of nitrogens with zero attached hydrogens (tertiary/aromatic N) is 6. The normalized spacial score (nSPS) is 14.7. The van der Waals surface area contributed by atoms with E-state index in [4.69, 9.17) is 4.74 Å². The predicted octanol–water partition coefficient (Wildman–Crippen LogP) is 6.59. The molecule has 0 bridgehead atoms. The second-order valence-electron chi connectivity index (χ2n) is 30.8. The zero-order chi connectivity index (χ0) is 77.2. The maximum Gasteiger partial charge on any atom is 0.407 e. The highest BCUT2D eigenvalue weighted by molar-refractivity contribution is 7.99. The average Bonchev–Trinajstić information content (AvgIpc) is 0.837. The highest BCUT2D eigenvalue weighted by atomic mass is 32.2. The molecule has 0 aliphatic rings. The molecule has 100 heavy (non-hydrogen) atoms. The van der Waals surface area contributed by atoms with Crippen molar-refractivity contribution in [2.24, 2.45) is 41.4 Å². The van der Waals surface area contributed by atoms with Crippen LogP contribution in [0.25, 0.3) is 0 Å². The molecule has 12 amide bonds. The van der Waals surface area contributed by atoms with Crippen molar-refractivity contribution in [3.63, 3.8) is 0 Å². The molecule has 0 aromatic heterocycles. The molecule has 1 unspecified atom stereocenters. The standard InChI is InChI=1S/C73H136N12O14S/c1-26-53(78-66(92)57(80(20)60(87)41-49(10)11)42-51(14)33-29-27-28-30-34-75-72(98)99-73(16,17)18)68(94)85(25)59(44-100-36-32-31-35-86)70(96)83(23)56(39-47(6)7)67(93)79-62(50(12)13)71(97)84(24)55(38-46(4)5)65(91)77-52(15)63(89)76-43-61(88)81(21)58(40-48(8)9)69(95)82(22)54(37-45(2)3)64(90)74-19/h45-59,62,86H,26-44H2,1-25H3,(H,74,90)(H,75,98)(H,76,89)(H,77,91)(H,78,92)(H,79,93)/t51-,52-,53+,54+,55+,56+,57?,58+,59-,62+/m1/s1. The van der Waals surface area contributed by atoms with E-state index < -0.39 is 132 Å². The number of aliphatic hydroxyl groups excluding tert-OH is 1. The van der Waals surface area contributed by atoms with Crippen LogP contribution in [0.5, 0.6) is 0 Å². The van der Waals surface area contributed by atoms with E-state index in [1.165, 1.54) is 90.4 Å². The highest BCUT2D eigenvalue weighted by Crippen LogP contribution is 2.25. The van der Waals surface area contributed by atoms with Crippen LogP contribution in [-0.4, -0.2) is 246 Å². The maximum absolute atomic E-state index is 15.2. The summed E-state index contributed by atoms with van der Waals surface area (Å²) >= 11 is 1.40. The Morgan fingerprint density at radius 2 is 0.910 bits per heavy atom. The molecule has 0 spiro atoms. The number of thioether (sulfide) groups is 1. The third-order valence-electron chi connectivity index (χ3n) is 17.7. The van der Waals surface area contributed by atoms with Crippen molar-refractivity contribution in [1.82, 2.24) is 61.3 Å². The summed E-state index contributed by atoms with van der Waals surface area (Å²) in [6.07, 6.45) is 6.49. The van der Waals surface area contributed by atoms with E-state index in [1.54, 1.807) is 27.8 Å². The van der Waals surface area contributed by atoms with Crippen molar-refractivity contribution in [2.45, 2.75) is 274 Å². The molecule has 0 aromatic carbocycles. The number of hydrogen-bond donors (Lipinski definition) is 7. The topological polar surface area (TPSA) is 326 Å². The largest absolute Gasteiger partial charge is 0.444 e. The van der Waals surface area contributed by atoms with Crippen LogP contribution in [0, 0.1) is 41.4 Å². The van der Waals surface area contributed by atoms with Gasteiger partial charge in [-0.15, -0.1) is 0 Å². The monoisotopic (exact) mass is 1440 g/mol. The molecule has 0 heterocycles. The lowest BCUT2D eigenvalue weighted by molar-refractivity contribution is -0.149. The SMILES string of the molecule is CC[C@H](NC(=O)C(C[C@H](C)CCCCCCNC(=O)OC(C)(C)C)N(C)C(=O)CC(C)C)C(=O)N(C)[C@H](CSCCCCO)C(=O)N(C)[C@@H](CC(C)C)C(=O)N[C@H](C(=O)N(C)[C@@H](CC(C)C)C(=O)N[C@H](C)C(=O)NCC(=O)N(C)[C@@H](CC(C)C)C(=O)N(C)[C@@H](CC(C)C)C(=O)NC)C(C)C. The van der Waals surface area contributed by atoms with Crippen LogP contribution in [0.4, 0.5) is 4.79 Å². The molecule has 578 valence electrons. The number of hydrogen-bond acceptors (Lipinski definition) is 15. The molecule has 0 fully saturated rings. The number of rotatable bonds is 47. The minimum absolute atomic E-state index is 0.0106. The molecule has 7 N–H and O–H groups in total. The van der Waals surface area contributed by atoms with Crippen LogP contribution < -0.4 is 31.9 Å². The summed E-state index contributed by atoms with van der Waals surface area (Å²) in [7, 11) is 10.5. The summed E-state index contributed by atoms with van der Waals surface area (Å²) < 4.78 is 5.32. The number of ether oxygens (including phenoxy) is 1. The van der Waals surface area contributed by atoms with Gasteiger partial charge in [-0.3, -0.25) is 52.7 Å². The summed E-state index contributed by atoms with van der Waals surface area (Å²) in [5, 5.41) is 26.1. The Balaban J connectivity index is 6.85. The van der Waals surface area contributed by atoms with Crippen molar-refractivity contribution >= 4 is 82.8 Å². The molecule has 27 heteroatoms. The van der Waals surface area contributed by atoms with Crippen LogP contribution in [0.3, 0.4) is 0 Å². The molecule has 0 aromatic rings. The number of carbonyl (C=O) groups excluding carboxylic acids is 12. The smallest absolute Gasteiger partial charge is 0.407 e. The van der Waals surface area contributed by atoms with Gasteiger partial charge in [-0.05, 0) is 133 Å². The summed E-state index contributed by atoms with van der Waals surface area (Å²) in [6.45, 7) is 33.1. The fourth-order valence-electron chi connectivity index (χ4n) is 11.6. The lowest BCUT2D eigenvalue weighted by Crippen LogP contribution is -2.61. The molecule has 10 atom stereocenters. The minimum atomic E-state index is -1.22. The van der Waals surface area contributed by atoms with Crippen molar-refractivity contribution < 1.29 is 67.4 Å². The molecule has 0 radical (unpaired) electrons. The molecular weight excluding hydrogens is 1300 g/mol. The number of amides is 12. The number of nitrogens with one attached hydrogen (secondary N) is 6. The highest BCUT2D eigenvalue weighted by Gasteiger charge is 2.42. The van der Waals surface area contributed by atoms with Crippen LogP contribution in [0.15, 0.2) is 0 Å². The van der Waals surface area contributed by atoms with E-state index >= 15 is 4.79 Å². The van der Waals surface area contributed by atoms with Crippen molar-refractivity contribution in [1.29, 1.82) is 0 Å². The molecule has 0 saturated heterocycles. The Morgan fingerprint density at radius 3 is 1.39 bits per heavy atom. The van der Waals surface area contributed by atoms with E-state index in [9.17, 15) is 57.8 Å². The number of carbonyl (C=O) groups is 12. The number of aliphatic hydroxyl groups is 1. The van der Waals surface area contributed by atoms with E-state index in [1.807, 2.05) is 96.9 Å². The van der Waals surface area contributed by atoms with Gasteiger partial charge in [0, 0.05) is 74.7 Å². The minimum Gasteiger partial charge on any atom is -0.444 e. The maximum atomic E-state index is 15.2. The van der Waals surface area contributed by atoms with Gasteiger partial charge in [-0.25, -0.2) is 4.79 Å². The Hall–Kier alpha value is -6.25. The second kappa shape index (κ2) is 47.1. The first-order valence-corrected chi connectivity index (χ1v) is 37.7. The van der Waals surface area contributed by atoms with Crippen LogP contribution >= 0.6 is 11.8 Å². The van der Waals surface area contributed by atoms with Gasteiger partial charge in [0.2, 0.25) is 65.0 Å². The van der Waals surface area contributed by atoms with Gasteiger partial charge in [0.15, 0.2) is 0 Å². The first-order chi connectivity index (χ1) is 46.4. The zero-order valence-electron chi connectivity index (χ0n) is 66.0. The molecule has 0 aliphatic heterocycles. The van der Waals surface area contributed by atoms with Gasteiger partial charge in [0.25, 0.3) is 0 Å². The Morgan fingerprint density at radius 1 is 0.460 bits per heavy atom. The number of alkyl carbamates (subject to hydrolysis) is 1. The van der Waals surface area contributed by atoms with E-state index in [-0.39, 0.29) is 91.8 Å². The summed E-state index contributed by atoms with van der Waals surface area (Å²) in [6, 6.07) is -9.63. The number of unbranched alkanes of at least 4 members (excludes halogenated alkanes) is 4. The Labute approximate surface area is 605 Å². The lowest BCUT2D eigenvalue weighted by atomic mass is 9.93. The Kier molecular flexibility index (Phi) is 44.2. The van der Waals surface area contributed by atoms with Gasteiger partial charge in [0.1, 0.15) is 60.0 Å². The quantitative estimate of drug-likeness (QED) is 0.0316. The molecule has 0 aliphatic carbocycles. The van der Waals surface area contributed by atoms with Gasteiger partial charge in [-0.2, -0.15) is 11.8 Å². The second-order valence-corrected chi connectivity index (χ2v) is 31.9. The van der Waals surface area contributed by atoms with Gasteiger partial charge in [-0.1, -0.05) is 123 Å².